The first kappa shape index (κ1) is 18.4. The largest absolute Gasteiger partial charge is 0.490 e. The van der Waals surface area contributed by atoms with E-state index in [-0.39, 0.29) is 18.6 Å². The molecule has 1 aliphatic rings. The number of aromatic nitrogens is 5. The summed E-state index contributed by atoms with van der Waals surface area (Å²) in [5, 5.41) is 13.8. The number of nitrogens with zero attached hydrogens (tertiary/aromatic N) is 6. The predicted molar refractivity (Wildman–Crippen MR) is 113 cm³/mol. The Labute approximate surface area is 173 Å². The molecule has 9 heteroatoms. The van der Waals surface area contributed by atoms with Crippen LogP contribution in [-0.2, 0) is 11.3 Å². The standard InChI is InChI=1S/C21H23N7O2/c1-14-23-24-20-5-6-21(25-28(14)20)26-10-7-15(8-11-26)30-18-4-2-3-17-16(18)9-12-27(17)13-19(22)29/h2-6,9,12,15H,7-8,10-11,13H2,1H3,(H2,22,29). The van der Waals surface area contributed by atoms with Gasteiger partial charge in [-0.05, 0) is 37.3 Å². The van der Waals surface area contributed by atoms with Gasteiger partial charge in [0, 0.05) is 37.5 Å². The van der Waals surface area contributed by atoms with Crippen LogP contribution < -0.4 is 15.4 Å². The third-order valence-electron chi connectivity index (χ3n) is 5.56. The molecule has 1 saturated heterocycles. The number of fused-ring (bicyclic) bond motifs is 2. The zero-order chi connectivity index (χ0) is 20.7. The van der Waals surface area contributed by atoms with Crippen LogP contribution in [0.5, 0.6) is 5.75 Å². The molecule has 2 N–H and O–H groups in total. The molecule has 4 aromatic rings. The fourth-order valence-corrected chi connectivity index (χ4v) is 4.04. The molecule has 0 saturated carbocycles. The Morgan fingerprint density at radius 2 is 2.00 bits per heavy atom. The number of carbonyl (C=O) groups excluding carboxylic acids is 1. The lowest BCUT2D eigenvalue weighted by molar-refractivity contribution is -0.118. The number of benzene rings is 1. The number of rotatable bonds is 5. The average molecular weight is 405 g/mol. The van der Waals surface area contributed by atoms with Gasteiger partial charge < -0.3 is 19.9 Å². The third-order valence-corrected chi connectivity index (χ3v) is 5.56. The summed E-state index contributed by atoms with van der Waals surface area (Å²) in [6.07, 6.45) is 3.81. The van der Waals surface area contributed by atoms with Gasteiger partial charge in [0.2, 0.25) is 5.91 Å². The molecule has 3 aromatic heterocycles. The Bertz CT molecular complexity index is 1220. The number of ether oxygens (including phenoxy) is 1. The van der Waals surface area contributed by atoms with E-state index in [9.17, 15) is 4.79 Å². The summed E-state index contributed by atoms with van der Waals surface area (Å²) in [5.41, 5.74) is 7.05. The molecule has 1 aliphatic heterocycles. The normalized spacial score (nSPS) is 15.2. The van der Waals surface area contributed by atoms with Crippen LogP contribution in [0.1, 0.15) is 18.7 Å². The third kappa shape index (κ3) is 3.32. The van der Waals surface area contributed by atoms with Crippen molar-refractivity contribution >= 4 is 28.3 Å². The van der Waals surface area contributed by atoms with E-state index in [1.165, 1.54) is 0 Å². The molecule has 0 atom stereocenters. The average Bonchev–Trinajstić information content (AvgIpc) is 3.32. The zero-order valence-electron chi connectivity index (χ0n) is 16.7. The number of nitrogens with two attached hydrogens (primary N) is 1. The number of amides is 1. The first-order valence-electron chi connectivity index (χ1n) is 10.1. The molecular weight excluding hydrogens is 382 g/mol. The number of aryl methyl sites for hydroxylation is 1. The maximum absolute atomic E-state index is 11.3. The zero-order valence-corrected chi connectivity index (χ0v) is 16.7. The SMILES string of the molecule is Cc1nnc2ccc(N3CCC(Oc4cccc5c4ccn5CC(N)=O)CC3)nn12. The number of hydrogen-bond donors (Lipinski definition) is 1. The number of carbonyl (C=O) groups is 1. The first-order chi connectivity index (χ1) is 14.6. The highest BCUT2D eigenvalue weighted by Gasteiger charge is 2.23. The van der Waals surface area contributed by atoms with Gasteiger partial charge in [0.25, 0.3) is 0 Å². The lowest BCUT2D eigenvalue weighted by Crippen LogP contribution is -2.38. The Kier molecular flexibility index (Phi) is 4.50. The van der Waals surface area contributed by atoms with Gasteiger partial charge in [0.05, 0.1) is 5.52 Å². The van der Waals surface area contributed by atoms with Gasteiger partial charge >= 0.3 is 0 Å². The van der Waals surface area contributed by atoms with Gasteiger partial charge in [-0.3, -0.25) is 4.79 Å². The van der Waals surface area contributed by atoms with Crippen LogP contribution in [0.15, 0.2) is 42.6 Å². The Morgan fingerprint density at radius 1 is 1.17 bits per heavy atom. The van der Waals surface area contributed by atoms with Crippen molar-refractivity contribution in [2.75, 3.05) is 18.0 Å². The molecule has 4 heterocycles. The van der Waals surface area contributed by atoms with E-state index in [0.29, 0.717) is 0 Å². The topological polar surface area (TPSA) is 104 Å². The van der Waals surface area contributed by atoms with Gasteiger partial charge in [-0.25, -0.2) is 0 Å². The maximum atomic E-state index is 11.3. The molecule has 0 bridgehead atoms. The Morgan fingerprint density at radius 3 is 2.80 bits per heavy atom. The minimum atomic E-state index is -0.361. The van der Waals surface area contributed by atoms with Crippen molar-refractivity contribution in [2.45, 2.75) is 32.4 Å². The monoisotopic (exact) mass is 405 g/mol. The van der Waals surface area contributed by atoms with Crippen molar-refractivity contribution in [2.24, 2.45) is 5.73 Å². The molecule has 30 heavy (non-hydrogen) atoms. The quantitative estimate of drug-likeness (QED) is 0.544. The summed E-state index contributed by atoms with van der Waals surface area (Å²) in [4.78, 5) is 13.6. The van der Waals surface area contributed by atoms with E-state index in [2.05, 4.69) is 20.2 Å². The van der Waals surface area contributed by atoms with Gasteiger partial charge in [0.15, 0.2) is 11.5 Å². The van der Waals surface area contributed by atoms with E-state index in [0.717, 1.165) is 59.9 Å². The molecule has 5 rings (SSSR count). The first-order valence-corrected chi connectivity index (χ1v) is 10.1. The van der Waals surface area contributed by atoms with Crippen LogP contribution >= 0.6 is 0 Å². The Balaban J connectivity index is 1.28. The summed E-state index contributed by atoms with van der Waals surface area (Å²) >= 11 is 0. The number of piperidine rings is 1. The summed E-state index contributed by atoms with van der Waals surface area (Å²) in [5.74, 6) is 2.18. The smallest absolute Gasteiger partial charge is 0.237 e. The van der Waals surface area contributed by atoms with Crippen LogP contribution in [0.25, 0.3) is 16.6 Å². The van der Waals surface area contributed by atoms with Gasteiger partial charge in [-0.1, -0.05) is 6.07 Å². The summed E-state index contributed by atoms with van der Waals surface area (Å²) < 4.78 is 9.97. The molecule has 154 valence electrons. The molecule has 9 nitrogen and oxygen atoms in total. The highest BCUT2D eigenvalue weighted by Crippen LogP contribution is 2.29. The van der Waals surface area contributed by atoms with Crippen LogP contribution in [0.2, 0.25) is 0 Å². The van der Waals surface area contributed by atoms with E-state index < -0.39 is 0 Å². The summed E-state index contributed by atoms with van der Waals surface area (Å²) in [6, 6.07) is 11.8. The second kappa shape index (κ2) is 7.33. The molecular formula is C21H23N7O2. The molecule has 0 radical (unpaired) electrons. The maximum Gasteiger partial charge on any atom is 0.237 e. The van der Waals surface area contributed by atoms with Crippen molar-refractivity contribution in [1.29, 1.82) is 0 Å². The predicted octanol–water partition coefficient (Wildman–Crippen LogP) is 1.92. The van der Waals surface area contributed by atoms with E-state index in [1.54, 1.807) is 4.52 Å². The Hall–Kier alpha value is -3.62. The van der Waals surface area contributed by atoms with Crippen molar-refractivity contribution in [1.82, 2.24) is 24.4 Å². The second-order valence-electron chi connectivity index (χ2n) is 7.61. The highest BCUT2D eigenvalue weighted by atomic mass is 16.5. The highest BCUT2D eigenvalue weighted by molar-refractivity contribution is 5.87. The van der Waals surface area contributed by atoms with Crippen molar-refractivity contribution < 1.29 is 9.53 Å². The molecule has 0 aliphatic carbocycles. The molecule has 1 amide bonds. The molecule has 0 spiro atoms. The van der Waals surface area contributed by atoms with Crippen molar-refractivity contribution in [3.05, 3.63) is 48.4 Å². The van der Waals surface area contributed by atoms with Crippen LogP contribution in [0.4, 0.5) is 5.82 Å². The lowest BCUT2D eigenvalue weighted by Gasteiger charge is -2.33. The van der Waals surface area contributed by atoms with Crippen molar-refractivity contribution in [3.63, 3.8) is 0 Å². The molecule has 1 aromatic carbocycles. The van der Waals surface area contributed by atoms with Gasteiger partial charge in [-0.2, -0.15) is 4.52 Å². The van der Waals surface area contributed by atoms with Crippen LogP contribution in [0.3, 0.4) is 0 Å². The van der Waals surface area contributed by atoms with Crippen LogP contribution in [-0.4, -0.2) is 49.5 Å². The van der Waals surface area contributed by atoms with E-state index in [1.807, 2.05) is 54.1 Å². The van der Waals surface area contributed by atoms with E-state index in [4.69, 9.17) is 10.5 Å². The fourth-order valence-electron chi connectivity index (χ4n) is 4.04. The van der Waals surface area contributed by atoms with Gasteiger partial charge in [-0.15, -0.1) is 15.3 Å². The van der Waals surface area contributed by atoms with Gasteiger partial charge in [0.1, 0.15) is 24.2 Å². The fraction of sp³-hybridized carbons (Fsp3) is 0.333. The minimum absolute atomic E-state index is 0.131. The van der Waals surface area contributed by atoms with Crippen LogP contribution in [0, 0.1) is 6.92 Å². The molecule has 0 unspecified atom stereocenters. The number of hydrogen-bond acceptors (Lipinski definition) is 6. The summed E-state index contributed by atoms with van der Waals surface area (Å²) in [6.45, 7) is 3.79. The number of anilines is 1. The lowest BCUT2D eigenvalue weighted by atomic mass is 10.1. The van der Waals surface area contributed by atoms with E-state index >= 15 is 0 Å². The minimum Gasteiger partial charge on any atom is -0.490 e. The number of primary amides is 1. The summed E-state index contributed by atoms with van der Waals surface area (Å²) in [7, 11) is 0. The van der Waals surface area contributed by atoms with Crippen molar-refractivity contribution in [3.8, 4) is 5.75 Å². The molecule has 1 fully saturated rings. The second-order valence-corrected chi connectivity index (χ2v) is 7.61.